The summed E-state index contributed by atoms with van der Waals surface area (Å²) in [5, 5.41) is 0. The van der Waals surface area contributed by atoms with E-state index < -0.39 is 5.82 Å². The molecule has 0 aliphatic rings. The summed E-state index contributed by atoms with van der Waals surface area (Å²) < 4.78 is 18.8. The molecule has 0 amide bonds. The first-order valence-electron chi connectivity index (χ1n) is 5.39. The summed E-state index contributed by atoms with van der Waals surface area (Å²) in [6.07, 6.45) is 1.66. The molecule has 0 fully saturated rings. The largest absolute Gasteiger partial charge is 0.441 e. The molecule has 0 saturated carbocycles. The minimum atomic E-state index is -0.393. The Bertz CT molecular complexity index is 520. The number of hydrogen-bond donors (Lipinski definition) is 1. The Kier molecular flexibility index (Phi) is 2.65. The third kappa shape index (κ3) is 2.46. The van der Waals surface area contributed by atoms with Gasteiger partial charge in [-0.2, -0.15) is 0 Å². The zero-order valence-corrected chi connectivity index (χ0v) is 10.1. The first-order valence-corrected chi connectivity index (χ1v) is 5.39. The van der Waals surface area contributed by atoms with Gasteiger partial charge in [0, 0.05) is 16.7 Å². The molecule has 90 valence electrons. The zero-order chi connectivity index (χ0) is 12.6. The Morgan fingerprint density at radius 2 is 1.94 bits per heavy atom. The molecule has 0 radical (unpaired) electrons. The van der Waals surface area contributed by atoms with Crippen molar-refractivity contribution in [1.29, 1.82) is 0 Å². The lowest BCUT2D eigenvalue weighted by Crippen LogP contribution is -2.09. The van der Waals surface area contributed by atoms with Gasteiger partial charge in [0.1, 0.15) is 11.6 Å². The van der Waals surface area contributed by atoms with Gasteiger partial charge in [-0.25, -0.2) is 9.37 Å². The highest BCUT2D eigenvalue weighted by molar-refractivity contribution is 5.60. The summed E-state index contributed by atoms with van der Waals surface area (Å²) in [5.74, 6) is 0.756. The summed E-state index contributed by atoms with van der Waals surface area (Å²) in [6.45, 7) is 6.08. The third-order valence-electron chi connectivity index (χ3n) is 2.41. The summed E-state index contributed by atoms with van der Waals surface area (Å²) in [5.41, 5.74) is 6.37. The van der Waals surface area contributed by atoms with Gasteiger partial charge < -0.3 is 10.2 Å². The predicted molar refractivity (Wildman–Crippen MR) is 65.0 cm³/mol. The first-order chi connectivity index (χ1) is 7.86. The molecule has 0 aliphatic carbocycles. The lowest BCUT2D eigenvalue weighted by molar-refractivity contribution is 0.415. The van der Waals surface area contributed by atoms with E-state index in [2.05, 4.69) is 4.98 Å². The molecule has 2 aromatic rings. The average Bonchev–Trinajstić information content (AvgIpc) is 2.63. The summed E-state index contributed by atoms with van der Waals surface area (Å²) in [7, 11) is 0. The van der Waals surface area contributed by atoms with Crippen molar-refractivity contribution in [3.05, 3.63) is 36.0 Å². The standard InChI is InChI=1S/C13H15FN2O/c1-13(2,3)11-7-16-12(17-11)8-4-9(14)6-10(15)5-8/h4-7H,15H2,1-3H3. The molecule has 4 heteroatoms. The molecule has 0 aliphatic heterocycles. The molecule has 0 spiro atoms. The number of hydrogen-bond acceptors (Lipinski definition) is 3. The Hall–Kier alpha value is -1.84. The Morgan fingerprint density at radius 1 is 1.24 bits per heavy atom. The van der Waals surface area contributed by atoms with Crippen molar-refractivity contribution in [2.24, 2.45) is 0 Å². The van der Waals surface area contributed by atoms with E-state index in [0.717, 1.165) is 5.76 Å². The highest BCUT2D eigenvalue weighted by Crippen LogP contribution is 2.28. The molecule has 17 heavy (non-hydrogen) atoms. The highest BCUT2D eigenvalue weighted by Gasteiger charge is 2.19. The second-order valence-corrected chi connectivity index (χ2v) is 5.05. The van der Waals surface area contributed by atoms with Crippen LogP contribution in [0.4, 0.5) is 10.1 Å². The van der Waals surface area contributed by atoms with Crippen LogP contribution in [0.25, 0.3) is 11.5 Å². The van der Waals surface area contributed by atoms with Crippen molar-refractivity contribution in [3.63, 3.8) is 0 Å². The number of nitrogens with two attached hydrogens (primary N) is 1. The normalized spacial score (nSPS) is 11.8. The van der Waals surface area contributed by atoms with Gasteiger partial charge in [0.05, 0.1) is 6.20 Å². The predicted octanol–water partition coefficient (Wildman–Crippen LogP) is 3.36. The maximum Gasteiger partial charge on any atom is 0.226 e. The van der Waals surface area contributed by atoms with Gasteiger partial charge in [0.2, 0.25) is 5.89 Å². The number of benzene rings is 1. The quantitative estimate of drug-likeness (QED) is 0.770. The second kappa shape index (κ2) is 3.87. The fourth-order valence-corrected chi connectivity index (χ4v) is 1.49. The minimum Gasteiger partial charge on any atom is -0.441 e. The molecule has 1 heterocycles. The van der Waals surface area contributed by atoms with Crippen molar-refractivity contribution >= 4 is 5.69 Å². The van der Waals surface area contributed by atoms with Crippen molar-refractivity contribution in [2.45, 2.75) is 26.2 Å². The summed E-state index contributed by atoms with van der Waals surface area (Å²) >= 11 is 0. The number of oxazole rings is 1. The molecular weight excluding hydrogens is 219 g/mol. The van der Waals surface area contributed by atoms with E-state index in [-0.39, 0.29) is 5.41 Å². The van der Waals surface area contributed by atoms with Gasteiger partial charge >= 0.3 is 0 Å². The maximum absolute atomic E-state index is 13.2. The van der Waals surface area contributed by atoms with Crippen molar-refractivity contribution < 1.29 is 8.81 Å². The maximum atomic E-state index is 13.2. The monoisotopic (exact) mass is 234 g/mol. The van der Waals surface area contributed by atoms with Crippen LogP contribution >= 0.6 is 0 Å². The van der Waals surface area contributed by atoms with Crippen molar-refractivity contribution in [2.75, 3.05) is 5.73 Å². The lowest BCUT2D eigenvalue weighted by Gasteiger charge is -2.13. The fourth-order valence-electron chi connectivity index (χ4n) is 1.49. The van der Waals surface area contributed by atoms with Crippen LogP contribution in [0, 0.1) is 5.82 Å². The van der Waals surface area contributed by atoms with E-state index in [1.165, 1.54) is 12.1 Å². The van der Waals surface area contributed by atoms with Crippen molar-refractivity contribution in [3.8, 4) is 11.5 Å². The average molecular weight is 234 g/mol. The molecule has 0 atom stereocenters. The van der Waals surface area contributed by atoms with E-state index in [9.17, 15) is 4.39 Å². The number of anilines is 1. The van der Waals surface area contributed by atoms with E-state index in [4.69, 9.17) is 10.2 Å². The van der Waals surface area contributed by atoms with E-state index >= 15 is 0 Å². The van der Waals surface area contributed by atoms with Crippen LogP contribution in [0.15, 0.2) is 28.8 Å². The Balaban J connectivity index is 2.44. The molecule has 0 bridgehead atoms. The smallest absolute Gasteiger partial charge is 0.226 e. The van der Waals surface area contributed by atoms with Crippen LogP contribution in [-0.2, 0) is 5.41 Å². The minimum absolute atomic E-state index is 0.121. The van der Waals surface area contributed by atoms with E-state index in [1.54, 1.807) is 12.3 Å². The van der Waals surface area contributed by atoms with Crippen molar-refractivity contribution in [1.82, 2.24) is 4.98 Å². The van der Waals surface area contributed by atoms with Gasteiger partial charge in [0.15, 0.2) is 0 Å². The van der Waals surface area contributed by atoms with Gasteiger partial charge in [-0.05, 0) is 18.2 Å². The van der Waals surface area contributed by atoms with E-state index in [1.807, 2.05) is 20.8 Å². The first kappa shape index (κ1) is 11.6. The van der Waals surface area contributed by atoms with Gasteiger partial charge in [-0.1, -0.05) is 20.8 Å². The second-order valence-electron chi connectivity index (χ2n) is 5.05. The number of nitrogen functional groups attached to an aromatic ring is 1. The summed E-state index contributed by atoms with van der Waals surface area (Å²) in [4.78, 5) is 4.15. The van der Waals surface area contributed by atoms with E-state index in [0.29, 0.717) is 17.1 Å². The van der Waals surface area contributed by atoms with Crippen LogP contribution in [-0.4, -0.2) is 4.98 Å². The molecule has 1 aromatic carbocycles. The summed E-state index contributed by atoms with van der Waals surface area (Å²) in [6, 6.07) is 4.26. The highest BCUT2D eigenvalue weighted by atomic mass is 19.1. The molecule has 3 nitrogen and oxygen atoms in total. The van der Waals surface area contributed by atoms with Gasteiger partial charge in [-0.3, -0.25) is 0 Å². The zero-order valence-electron chi connectivity index (χ0n) is 10.1. The molecule has 2 rings (SSSR count). The molecule has 0 unspecified atom stereocenters. The number of halogens is 1. The number of nitrogens with zero attached hydrogens (tertiary/aromatic N) is 1. The molecule has 0 saturated heterocycles. The van der Waals surface area contributed by atoms with Crippen LogP contribution in [0.2, 0.25) is 0 Å². The number of aromatic nitrogens is 1. The van der Waals surface area contributed by atoms with Crippen LogP contribution in [0.1, 0.15) is 26.5 Å². The number of rotatable bonds is 1. The van der Waals surface area contributed by atoms with Crippen LogP contribution < -0.4 is 5.73 Å². The fraction of sp³-hybridized carbons (Fsp3) is 0.308. The third-order valence-corrected chi connectivity index (χ3v) is 2.41. The molecular formula is C13H15FN2O. The van der Waals surface area contributed by atoms with Gasteiger partial charge in [-0.15, -0.1) is 0 Å². The van der Waals surface area contributed by atoms with Crippen LogP contribution in [0.5, 0.6) is 0 Å². The SMILES string of the molecule is CC(C)(C)c1cnc(-c2cc(N)cc(F)c2)o1. The topological polar surface area (TPSA) is 52.0 Å². The van der Waals surface area contributed by atoms with Gasteiger partial charge in [0.25, 0.3) is 0 Å². The Morgan fingerprint density at radius 3 is 2.47 bits per heavy atom. The molecule has 1 aromatic heterocycles. The Labute approximate surface area is 99.5 Å². The molecule has 2 N–H and O–H groups in total. The lowest BCUT2D eigenvalue weighted by atomic mass is 9.94. The van der Waals surface area contributed by atoms with Crippen LogP contribution in [0.3, 0.4) is 0 Å².